The molecule has 4 rings (SSSR count). The van der Waals surface area contributed by atoms with Crippen molar-refractivity contribution in [1.82, 2.24) is 24.7 Å². The zero-order chi connectivity index (χ0) is 23.4. The van der Waals surface area contributed by atoms with Crippen molar-refractivity contribution in [3.63, 3.8) is 0 Å². The first-order valence-corrected chi connectivity index (χ1v) is 11.7. The van der Waals surface area contributed by atoms with E-state index in [0.29, 0.717) is 39.1 Å². The maximum absolute atomic E-state index is 11.7. The van der Waals surface area contributed by atoms with Crippen molar-refractivity contribution in [3.05, 3.63) is 96.5 Å². The number of thioether (sulfide) groups is 1. The Bertz CT molecular complexity index is 1350. The van der Waals surface area contributed by atoms with Crippen LogP contribution in [0, 0.1) is 0 Å². The van der Waals surface area contributed by atoms with Crippen LogP contribution in [0.3, 0.4) is 0 Å². The highest BCUT2D eigenvalue weighted by molar-refractivity contribution is 7.98. The summed E-state index contributed by atoms with van der Waals surface area (Å²) in [6.07, 6.45) is 0.210. The summed E-state index contributed by atoms with van der Waals surface area (Å²) in [7, 11) is 0. The Morgan fingerprint density at radius 3 is 2.52 bits per heavy atom. The molecule has 0 atom stereocenters. The first kappa shape index (κ1) is 23.2. The molecule has 2 N–H and O–H groups in total. The van der Waals surface area contributed by atoms with Gasteiger partial charge in [-0.05, 0) is 48.9 Å². The molecule has 0 saturated carbocycles. The van der Waals surface area contributed by atoms with E-state index in [1.54, 1.807) is 12.1 Å². The van der Waals surface area contributed by atoms with Crippen LogP contribution in [0.5, 0.6) is 5.75 Å². The van der Waals surface area contributed by atoms with Crippen molar-refractivity contribution in [3.8, 4) is 11.4 Å². The monoisotopic (exact) mass is 503 g/mol. The standard InChI is InChI=1S/C22H19Cl2N5O3S/c1-2-32-17-7-5-16(6-8-17)29-19(10-15-11-20(30)26-21(31)25-15)27-28-22(29)33-12-13-3-4-14(23)9-18(13)24/h3-9,11H,2,10,12H2,1H3,(H2,25,26,30,31). The summed E-state index contributed by atoms with van der Waals surface area (Å²) in [5.74, 6) is 1.86. The van der Waals surface area contributed by atoms with Crippen LogP contribution in [0.2, 0.25) is 10.0 Å². The number of rotatable bonds is 8. The lowest BCUT2D eigenvalue weighted by Crippen LogP contribution is -2.23. The topological polar surface area (TPSA) is 106 Å². The van der Waals surface area contributed by atoms with Crippen LogP contribution in [0.15, 0.2) is 63.3 Å². The van der Waals surface area contributed by atoms with Gasteiger partial charge in [0.2, 0.25) is 0 Å². The van der Waals surface area contributed by atoms with Crippen molar-refractivity contribution in [2.24, 2.45) is 0 Å². The van der Waals surface area contributed by atoms with E-state index >= 15 is 0 Å². The van der Waals surface area contributed by atoms with E-state index in [1.807, 2.05) is 41.8 Å². The van der Waals surface area contributed by atoms with Crippen LogP contribution in [-0.4, -0.2) is 31.3 Å². The van der Waals surface area contributed by atoms with E-state index in [9.17, 15) is 9.59 Å². The van der Waals surface area contributed by atoms with Gasteiger partial charge in [0.25, 0.3) is 5.56 Å². The summed E-state index contributed by atoms with van der Waals surface area (Å²) < 4.78 is 7.42. The fourth-order valence-corrected chi connectivity index (χ4v) is 4.72. The molecule has 0 aliphatic rings. The van der Waals surface area contributed by atoms with E-state index in [4.69, 9.17) is 27.9 Å². The zero-order valence-electron chi connectivity index (χ0n) is 17.5. The molecule has 0 radical (unpaired) electrons. The Labute approximate surface area is 202 Å². The first-order valence-electron chi connectivity index (χ1n) is 9.99. The normalized spacial score (nSPS) is 11.0. The molecule has 0 fully saturated rings. The lowest BCUT2D eigenvalue weighted by Gasteiger charge is -2.12. The molecule has 0 amide bonds. The van der Waals surface area contributed by atoms with E-state index in [1.165, 1.54) is 17.8 Å². The van der Waals surface area contributed by atoms with Gasteiger partial charge in [-0.2, -0.15) is 0 Å². The summed E-state index contributed by atoms with van der Waals surface area (Å²) in [4.78, 5) is 28.2. The summed E-state index contributed by atoms with van der Waals surface area (Å²) in [5, 5.41) is 10.5. The Morgan fingerprint density at radius 2 is 1.82 bits per heavy atom. The van der Waals surface area contributed by atoms with Crippen molar-refractivity contribution in [1.29, 1.82) is 0 Å². The number of nitrogens with one attached hydrogen (secondary N) is 2. The van der Waals surface area contributed by atoms with Crippen molar-refractivity contribution >= 4 is 35.0 Å². The van der Waals surface area contributed by atoms with Crippen molar-refractivity contribution in [2.45, 2.75) is 24.3 Å². The van der Waals surface area contributed by atoms with Crippen LogP contribution in [0.1, 0.15) is 24.0 Å². The summed E-state index contributed by atoms with van der Waals surface area (Å²) in [6, 6.07) is 14.2. The molecule has 2 aromatic carbocycles. The van der Waals surface area contributed by atoms with Gasteiger partial charge >= 0.3 is 5.69 Å². The highest BCUT2D eigenvalue weighted by Crippen LogP contribution is 2.30. The second-order valence-corrected chi connectivity index (χ2v) is 8.76. The highest BCUT2D eigenvalue weighted by atomic mass is 35.5. The molecule has 4 aromatic rings. The minimum atomic E-state index is -0.573. The molecule has 0 spiro atoms. The van der Waals surface area contributed by atoms with E-state index in [0.717, 1.165) is 17.0 Å². The number of aromatic nitrogens is 5. The predicted molar refractivity (Wildman–Crippen MR) is 129 cm³/mol. The average Bonchev–Trinajstić information content (AvgIpc) is 3.15. The second kappa shape index (κ2) is 10.3. The second-order valence-electron chi connectivity index (χ2n) is 6.98. The third kappa shape index (κ3) is 5.68. The van der Waals surface area contributed by atoms with Crippen LogP contribution in [0.25, 0.3) is 5.69 Å². The van der Waals surface area contributed by atoms with Gasteiger partial charge in [0, 0.05) is 39.7 Å². The molecule has 2 aromatic heterocycles. The number of hydrogen-bond donors (Lipinski definition) is 2. The molecular formula is C22H19Cl2N5O3S. The number of aromatic amines is 2. The average molecular weight is 504 g/mol. The number of benzene rings is 2. The van der Waals surface area contributed by atoms with E-state index < -0.39 is 11.2 Å². The van der Waals surface area contributed by atoms with E-state index in [-0.39, 0.29) is 6.42 Å². The maximum atomic E-state index is 11.7. The van der Waals surface area contributed by atoms with Gasteiger partial charge in [0.05, 0.1) is 6.61 Å². The van der Waals surface area contributed by atoms with Gasteiger partial charge in [0.15, 0.2) is 5.16 Å². The Morgan fingerprint density at radius 1 is 1.03 bits per heavy atom. The predicted octanol–water partition coefficient (Wildman–Crippen LogP) is 4.23. The number of nitrogens with zero attached hydrogens (tertiary/aromatic N) is 3. The van der Waals surface area contributed by atoms with Gasteiger partial charge in [-0.1, -0.05) is 41.0 Å². The first-order chi connectivity index (χ1) is 15.9. The van der Waals surface area contributed by atoms with Crippen molar-refractivity contribution in [2.75, 3.05) is 6.61 Å². The fraction of sp³-hybridized carbons (Fsp3) is 0.182. The SMILES string of the molecule is CCOc1ccc(-n2c(Cc3cc(=O)[nH]c(=O)[nH]3)nnc2SCc2ccc(Cl)cc2Cl)cc1. The van der Waals surface area contributed by atoms with Gasteiger partial charge in [0.1, 0.15) is 11.6 Å². The molecule has 0 saturated heterocycles. The molecule has 2 heterocycles. The number of H-pyrrole nitrogens is 2. The van der Waals surface area contributed by atoms with Crippen LogP contribution in [-0.2, 0) is 12.2 Å². The minimum Gasteiger partial charge on any atom is -0.494 e. The lowest BCUT2D eigenvalue weighted by molar-refractivity contribution is 0.340. The molecule has 0 aliphatic heterocycles. The molecule has 0 bridgehead atoms. The molecule has 170 valence electrons. The quantitative estimate of drug-likeness (QED) is 0.348. The third-order valence-corrected chi connectivity index (χ3v) is 6.21. The van der Waals surface area contributed by atoms with Gasteiger partial charge < -0.3 is 9.72 Å². The van der Waals surface area contributed by atoms with Crippen LogP contribution >= 0.6 is 35.0 Å². The molecular weight excluding hydrogens is 485 g/mol. The van der Waals surface area contributed by atoms with Crippen LogP contribution in [0.4, 0.5) is 0 Å². The Balaban J connectivity index is 1.69. The Hall–Kier alpha value is -3.01. The summed E-state index contributed by atoms with van der Waals surface area (Å²) in [5.41, 5.74) is 1.10. The zero-order valence-corrected chi connectivity index (χ0v) is 19.8. The fourth-order valence-electron chi connectivity index (χ4n) is 3.19. The van der Waals surface area contributed by atoms with Gasteiger partial charge in [-0.3, -0.25) is 14.3 Å². The molecule has 8 nitrogen and oxygen atoms in total. The molecule has 33 heavy (non-hydrogen) atoms. The molecule has 0 unspecified atom stereocenters. The summed E-state index contributed by atoms with van der Waals surface area (Å²) >= 11 is 13.8. The van der Waals surface area contributed by atoms with Gasteiger partial charge in [-0.15, -0.1) is 10.2 Å². The number of hydrogen-bond acceptors (Lipinski definition) is 6. The van der Waals surface area contributed by atoms with Crippen LogP contribution < -0.4 is 16.0 Å². The third-order valence-electron chi connectivity index (χ3n) is 4.64. The molecule has 11 heteroatoms. The highest BCUT2D eigenvalue weighted by Gasteiger charge is 2.17. The van der Waals surface area contributed by atoms with E-state index in [2.05, 4.69) is 20.2 Å². The smallest absolute Gasteiger partial charge is 0.325 e. The van der Waals surface area contributed by atoms with Gasteiger partial charge in [-0.25, -0.2) is 4.79 Å². The number of halogens is 2. The lowest BCUT2D eigenvalue weighted by atomic mass is 10.2. The molecule has 0 aliphatic carbocycles. The minimum absolute atomic E-state index is 0.210. The maximum Gasteiger partial charge on any atom is 0.325 e. The largest absolute Gasteiger partial charge is 0.494 e. The Kier molecular flexibility index (Phi) is 7.22. The van der Waals surface area contributed by atoms with Crippen molar-refractivity contribution < 1.29 is 4.74 Å². The number of ether oxygens (including phenoxy) is 1. The summed E-state index contributed by atoms with van der Waals surface area (Å²) in [6.45, 7) is 2.49.